The number of sulfone groups is 1. The summed E-state index contributed by atoms with van der Waals surface area (Å²) in [4.78, 5) is 13.9. The maximum absolute atomic E-state index is 12.3. The summed E-state index contributed by atoms with van der Waals surface area (Å²) in [5.41, 5.74) is 0.491. The molecule has 0 atom stereocenters. The van der Waals surface area contributed by atoms with Crippen molar-refractivity contribution in [3.8, 4) is 5.75 Å². The topological polar surface area (TPSA) is 75.7 Å². The molecule has 0 bridgehead atoms. The smallest absolute Gasteiger partial charge is 0.321 e. The molecule has 0 aliphatic carbocycles. The molecule has 1 heterocycles. The van der Waals surface area contributed by atoms with E-state index in [1.807, 2.05) is 0 Å². The third kappa shape index (κ3) is 4.04. The molecule has 1 saturated heterocycles. The largest absolute Gasteiger partial charge is 0.495 e. The molecule has 0 saturated carbocycles. The van der Waals surface area contributed by atoms with Gasteiger partial charge in [0.1, 0.15) is 15.6 Å². The number of nitrogens with one attached hydrogen (secondary N) is 1. The quantitative estimate of drug-likeness (QED) is 0.911. The fraction of sp³-hybridized carbons (Fsp3) is 0.500. The maximum Gasteiger partial charge on any atom is 0.321 e. The zero-order valence-electron chi connectivity index (χ0n) is 12.5. The number of piperidine rings is 1. The van der Waals surface area contributed by atoms with E-state index in [4.69, 9.17) is 16.3 Å². The van der Waals surface area contributed by atoms with Crippen LogP contribution in [0.2, 0.25) is 5.02 Å². The van der Waals surface area contributed by atoms with Crippen molar-refractivity contribution >= 4 is 33.2 Å². The lowest BCUT2D eigenvalue weighted by atomic mass is 10.1. The standard InChI is InChI=1S/C14H19ClN2O4S/c1-21-13-4-3-10(15)9-12(13)16-14(18)17-7-5-11(6-8-17)22(2,19)20/h3-4,9,11H,5-8H2,1-2H3,(H,16,18). The molecule has 1 fully saturated rings. The Labute approximate surface area is 135 Å². The number of rotatable bonds is 3. The summed E-state index contributed by atoms with van der Waals surface area (Å²) < 4.78 is 28.2. The Morgan fingerprint density at radius 1 is 1.36 bits per heavy atom. The highest BCUT2D eigenvalue weighted by atomic mass is 35.5. The van der Waals surface area contributed by atoms with Crippen molar-refractivity contribution in [1.29, 1.82) is 0 Å². The summed E-state index contributed by atoms with van der Waals surface area (Å²) in [6, 6.07) is 4.68. The third-order valence-electron chi connectivity index (χ3n) is 3.74. The highest BCUT2D eigenvalue weighted by Gasteiger charge is 2.29. The second-order valence-corrected chi connectivity index (χ2v) is 8.05. The summed E-state index contributed by atoms with van der Waals surface area (Å²) in [5, 5.41) is 2.88. The normalized spacial score (nSPS) is 16.4. The number of methoxy groups -OCH3 is 1. The van der Waals surface area contributed by atoms with E-state index in [1.54, 1.807) is 23.1 Å². The molecule has 6 nitrogen and oxygen atoms in total. The number of urea groups is 1. The van der Waals surface area contributed by atoms with Crippen LogP contribution in [0.25, 0.3) is 0 Å². The lowest BCUT2D eigenvalue weighted by Gasteiger charge is -2.31. The predicted octanol–water partition coefficient (Wildman–Crippen LogP) is 2.39. The maximum atomic E-state index is 12.3. The van der Waals surface area contributed by atoms with Crippen LogP contribution in [0, 0.1) is 0 Å². The van der Waals surface area contributed by atoms with Crippen LogP contribution >= 0.6 is 11.6 Å². The fourth-order valence-electron chi connectivity index (χ4n) is 2.46. The van der Waals surface area contributed by atoms with Crippen molar-refractivity contribution in [1.82, 2.24) is 4.90 Å². The molecule has 8 heteroatoms. The first-order chi connectivity index (χ1) is 10.3. The number of amides is 2. The van der Waals surface area contributed by atoms with Gasteiger partial charge >= 0.3 is 6.03 Å². The van der Waals surface area contributed by atoms with E-state index in [-0.39, 0.29) is 11.3 Å². The van der Waals surface area contributed by atoms with E-state index in [1.165, 1.54) is 13.4 Å². The van der Waals surface area contributed by atoms with Gasteiger partial charge in [0.05, 0.1) is 18.0 Å². The van der Waals surface area contributed by atoms with Crippen molar-refractivity contribution in [2.24, 2.45) is 0 Å². The van der Waals surface area contributed by atoms with Gasteiger partial charge in [0.15, 0.2) is 0 Å². The summed E-state index contributed by atoms with van der Waals surface area (Å²) in [6.07, 6.45) is 2.15. The molecule has 1 aromatic rings. The number of likely N-dealkylation sites (tertiary alicyclic amines) is 1. The molecule has 1 aliphatic rings. The molecule has 0 aromatic heterocycles. The van der Waals surface area contributed by atoms with Crippen LogP contribution in [-0.4, -0.2) is 51.1 Å². The summed E-state index contributed by atoms with van der Waals surface area (Å²) in [7, 11) is -1.54. The molecule has 1 aromatic carbocycles. The molecule has 22 heavy (non-hydrogen) atoms. The van der Waals surface area contributed by atoms with E-state index in [0.717, 1.165) is 0 Å². The molecular weight excluding hydrogens is 328 g/mol. The van der Waals surface area contributed by atoms with Gasteiger partial charge in [0.25, 0.3) is 0 Å². The van der Waals surface area contributed by atoms with Gasteiger partial charge < -0.3 is 15.0 Å². The van der Waals surface area contributed by atoms with Gasteiger partial charge in [0, 0.05) is 24.4 Å². The summed E-state index contributed by atoms with van der Waals surface area (Å²) in [6.45, 7) is 0.818. The van der Waals surface area contributed by atoms with Crippen molar-refractivity contribution in [2.75, 3.05) is 31.8 Å². The number of benzene rings is 1. The molecule has 0 radical (unpaired) electrons. The van der Waals surface area contributed by atoms with Crippen molar-refractivity contribution in [3.63, 3.8) is 0 Å². The first-order valence-corrected chi connectivity index (χ1v) is 9.23. The first-order valence-electron chi connectivity index (χ1n) is 6.89. The van der Waals surface area contributed by atoms with E-state index in [2.05, 4.69) is 5.32 Å². The lowest BCUT2D eigenvalue weighted by Crippen LogP contribution is -2.44. The van der Waals surface area contributed by atoms with E-state index >= 15 is 0 Å². The second-order valence-electron chi connectivity index (χ2n) is 5.29. The van der Waals surface area contributed by atoms with Gasteiger partial charge in [-0.1, -0.05) is 11.6 Å². The average Bonchev–Trinajstić information content (AvgIpc) is 2.46. The Balaban J connectivity index is 2.01. The molecule has 0 spiro atoms. The van der Waals surface area contributed by atoms with Crippen molar-refractivity contribution in [2.45, 2.75) is 18.1 Å². The minimum absolute atomic E-state index is 0.285. The molecule has 0 unspecified atom stereocenters. The van der Waals surface area contributed by atoms with Crippen LogP contribution in [0.1, 0.15) is 12.8 Å². The second kappa shape index (κ2) is 6.75. The molecule has 1 N–H and O–H groups in total. The zero-order valence-corrected chi connectivity index (χ0v) is 14.1. The lowest BCUT2D eigenvalue weighted by molar-refractivity contribution is 0.200. The van der Waals surface area contributed by atoms with Gasteiger partial charge in [-0.2, -0.15) is 0 Å². The van der Waals surface area contributed by atoms with Gasteiger partial charge in [0.2, 0.25) is 0 Å². The number of hydrogen-bond acceptors (Lipinski definition) is 4. The molecule has 2 amide bonds. The fourth-order valence-corrected chi connectivity index (χ4v) is 3.70. The Kier molecular flexibility index (Phi) is 5.18. The highest BCUT2D eigenvalue weighted by Crippen LogP contribution is 2.28. The Morgan fingerprint density at radius 3 is 2.55 bits per heavy atom. The summed E-state index contributed by atoms with van der Waals surface area (Å²) in [5.74, 6) is 0.517. The highest BCUT2D eigenvalue weighted by molar-refractivity contribution is 7.91. The van der Waals surface area contributed by atoms with Crippen LogP contribution in [-0.2, 0) is 9.84 Å². The van der Waals surface area contributed by atoms with Crippen molar-refractivity contribution in [3.05, 3.63) is 23.2 Å². The zero-order chi connectivity index (χ0) is 16.3. The van der Waals surface area contributed by atoms with Gasteiger partial charge in [-0.25, -0.2) is 13.2 Å². The van der Waals surface area contributed by atoms with Gasteiger partial charge in [-0.15, -0.1) is 0 Å². The number of halogens is 1. The monoisotopic (exact) mass is 346 g/mol. The number of nitrogens with zero attached hydrogens (tertiary/aromatic N) is 1. The third-order valence-corrected chi connectivity index (χ3v) is 5.66. The van der Waals surface area contributed by atoms with E-state index in [0.29, 0.717) is 42.4 Å². The molecular formula is C14H19ClN2O4S. The minimum Gasteiger partial charge on any atom is -0.495 e. The number of hydrogen-bond donors (Lipinski definition) is 1. The average molecular weight is 347 g/mol. The predicted molar refractivity (Wildman–Crippen MR) is 86.5 cm³/mol. The molecule has 1 aliphatic heterocycles. The van der Waals surface area contributed by atoms with Crippen LogP contribution < -0.4 is 10.1 Å². The summed E-state index contributed by atoms with van der Waals surface area (Å²) >= 11 is 5.93. The Bertz CT molecular complexity index is 655. The van der Waals surface area contributed by atoms with Crippen LogP contribution in [0.5, 0.6) is 5.75 Å². The van der Waals surface area contributed by atoms with Gasteiger partial charge in [-0.3, -0.25) is 0 Å². The van der Waals surface area contributed by atoms with E-state index in [9.17, 15) is 13.2 Å². The van der Waals surface area contributed by atoms with Crippen molar-refractivity contribution < 1.29 is 17.9 Å². The molecule has 2 rings (SSSR count). The number of anilines is 1. The minimum atomic E-state index is -3.05. The van der Waals surface area contributed by atoms with Crippen LogP contribution in [0.15, 0.2) is 18.2 Å². The SMILES string of the molecule is COc1ccc(Cl)cc1NC(=O)N1CCC(S(C)(=O)=O)CC1. The number of carbonyl (C=O) groups excluding carboxylic acids is 1. The van der Waals surface area contributed by atoms with E-state index < -0.39 is 9.84 Å². The number of ether oxygens (including phenoxy) is 1. The Hall–Kier alpha value is -1.47. The van der Waals surface area contributed by atoms with Crippen LogP contribution in [0.4, 0.5) is 10.5 Å². The first kappa shape index (κ1) is 16.9. The number of carbonyl (C=O) groups is 1. The van der Waals surface area contributed by atoms with Gasteiger partial charge in [-0.05, 0) is 31.0 Å². The Morgan fingerprint density at radius 2 is 2.00 bits per heavy atom. The molecule has 122 valence electrons. The van der Waals surface area contributed by atoms with Crippen LogP contribution in [0.3, 0.4) is 0 Å².